The summed E-state index contributed by atoms with van der Waals surface area (Å²) in [4.78, 5) is 10.7. The van der Waals surface area contributed by atoms with Gasteiger partial charge in [0, 0.05) is 6.07 Å². The lowest BCUT2D eigenvalue weighted by molar-refractivity contribution is -0.383. The van der Waals surface area contributed by atoms with Crippen LogP contribution in [0.3, 0.4) is 0 Å². The molecule has 0 radical (unpaired) electrons. The highest BCUT2D eigenvalue weighted by molar-refractivity contribution is 9.10. The first-order chi connectivity index (χ1) is 9.56. The van der Waals surface area contributed by atoms with E-state index >= 15 is 0 Å². The lowest BCUT2D eigenvalue weighted by Crippen LogP contribution is -2.01. The van der Waals surface area contributed by atoms with Crippen LogP contribution in [-0.4, -0.2) is 24.9 Å². The highest BCUT2D eigenvalue weighted by Gasteiger charge is 2.19. The van der Waals surface area contributed by atoms with E-state index in [4.69, 9.17) is 0 Å². The van der Waals surface area contributed by atoms with Gasteiger partial charge in [-0.15, -0.1) is 10.2 Å². The van der Waals surface area contributed by atoms with E-state index < -0.39 is 4.92 Å². The summed E-state index contributed by atoms with van der Waals surface area (Å²) in [5, 5.41) is 25.6. The molecular formula is C11H8BrN5O2S. The zero-order chi connectivity index (χ0) is 14.3. The smallest absolute Gasteiger partial charge is 0.258 e. The molecular weight excluding hydrogens is 346 g/mol. The van der Waals surface area contributed by atoms with Gasteiger partial charge in [-0.1, -0.05) is 17.4 Å². The molecule has 0 saturated carbocycles. The molecule has 0 bridgehead atoms. The summed E-state index contributed by atoms with van der Waals surface area (Å²) in [6, 6.07) is 4.92. The second-order valence-corrected chi connectivity index (χ2v) is 6.11. The zero-order valence-corrected chi connectivity index (χ0v) is 12.7. The van der Waals surface area contributed by atoms with Crippen LogP contribution in [0.2, 0.25) is 0 Å². The first kappa shape index (κ1) is 13.1. The van der Waals surface area contributed by atoms with Crippen LogP contribution in [0.5, 0.6) is 0 Å². The molecule has 0 aliphatic heterocycles. The number of nitrogens with zero attached hydrogens (tertiary/aromatic N) is 5. The fourth-order valence-electron chi connectivity index (χ4n) is 1.97. The van der Waals surface area contributed by atoms with E-state index in [9.17, 15) is 10.1 Å². The average molecular weight is 354 g/mol. The number of rotatable bonds is 3. The Morgan fingerprint density at radius 1 is 1.45 bits per heavy atom. The third kappa shape index (κ3) is 2.18. The Morgan fingerprint density at radius 2 is 2.25 bits per heavy atom. The van der Waals surface area contributed by atoms with Gasteiger partial charge in [0.2, 0.25) is 0 Å². The number of nitro groups is 1. The number of halogens is 1. The fourth-order valence-corrected chi connectivity index (χ4v) is 3.26. The molecule has 102 valence electrons. The van der Waals surface area contributed by atoms with E-state index in [0.29, 0.717) is 22.1 Å². The molecule has 0 aliphatic carbocycles. The van der Waals surface area contributed by atoms with Crippen molar-refractivity contribution in [1.82, 2.24) is 20.0 Å². The largest absolute Gasteiger partial charge is 0.281 e. The van der Waals surface area contributed by atoms with E-state index in [0.717, 1.165) is 10.0 Å². The van der Waals surface area contributed by atoms with Crippen molar-refractivity contribution in [3.05, 3.63) is 42.9 Å². The number of hydrogen-bond donors (Lipinski definition) is 0. The molecule has 0 aliphatic rings. The minimum Gasteiger partial charge on any atom is -0.258 e. The van der Waals surface area contributed by atoms with Crippen LogP contribution in [0.15, 0.2) is 22.8 Å². The van der Waals surface area contributed by atoms with Crippen molar-refractivity contribution >= 4 is 43.9 Å². The summed E-state index contributed by atoms with van der Waals surface area (Å²) < 4.78 is 2.15. The standard InChI is InChI=1S/C11H8BrN5O2S/c1-6-13-14-9(20-6)5-16-7-3-2-4-8(17(18)19)10(7)11(12)15-16/h2-4H,5H2,1H3. The van der Waals surface area contributed by atoms with Gasteiger partial charge in [0.25, 0.3) is 5.69 Å². The summed E-state index contributed by atoms with van der Waals surface area (Å²) in [6.07, 6.45) is 0. The van der Waals surface area contributed by atoms with Gasteiger partial charge in [-0.3, -0.25) is 14.8 Å². The van der Waals surface area contributed by atoms with Crippen molar-refractivity contribution in [3.8, 4) is 0 Å². The number of hydrogen-bond acceptors (Lipinski definition) is 6. The highest BCUT2D eigenvalue weighted by Crippen LogP contribution is 2.32. The van der Waals surface area contributed by atoms with Crippen LogP contribution in [0.4, 0.5) is 5.69 Å². The van der Waals surface area contributed by atoms with Crippen LogP contribution in [0.25, 0.3) is 10.9 Å². The number of non-ortho nitro benzene ring substituents is 1. The van der Waals surface area contributed by atoms with Crippen molar-refractivity contribution < 1.29 is 4.92 Å². The zero-order valence-electron chi connectivity index (χ0n) is 10.3. The Labute approximate surface area is 125 Å². The van der Waals surface area contributed by atoms with Crippen molar-refractivity contribution in [2.45, 2.75) is 13.5 Å². The van der Waals surface area contributed by atoms with Crippen molar-refractivity contribution in [2.75, 3.05) is 0 Å². The van der Waals surface area contributed by atoms with E-state index in [1.165, 1.54) is 17.4 Å². The molecule has 0 spiro atoms. The lowest BCUT2D eigenvalue weighted by atomic mass is 10.2. The molecule has 7 nitrogen and oxygen atoms in total. The molecule has 3 aromatic rings. The predicted octanol–water partition coefficient (Wildman–Crippen LogP) is 2.92. The van der Waals surface area contributed by atoms with Gasteiger partial charge in [0.1, 0.15) is 20.0 Å². The van der Waals surface area contributed by atoms with Gasteiger partial charge < -0.3 is 0 Å². The van der Waals surface area contributed by atoms with E-state index in [1.54, 1.807) is 16.8 Å². The van der Waals surface area contributed by atoms with Crippen LogP contribution in [0, 0.1) is 17.0 Å². The molecule has 1 aromatic carbocycles. The Hall–Kier alpha value is -1.87. The third-order valence-corrected chi connectivity index (χ3v) is 4.14. The highest BCUT2D eigenvalue weighted by atomic mass is 79.9. The number of fused-ring (bicyclic) bond motifs is 1. The van der Waals surface area contributed by atoms with Crippen LogP contribution in [0.1, 0.15) is 10.0 Å². The molecule has 9 heteroatoms. The maximum Gasteiger partial charge on any atom is 0.281 e. The average Bonchev–Trinajstić information content (AvgIpc) is 2.95. The maximum atomic E-state index is 11.1. The van der Waals surface area contributed by atoms with Crippen molar-refractivity contribution in [3.63, 3.8) is 0 Å². The molecule has 0 fully saturated rings. The number of aryl methyl sites for hydroxylation is 1. The molecule has 2 aromatic heterocycles. The topological polar surface area (TPSA) is 86.7 Å². The Balaban J connectivity index is 2.13. The minimum atomic E-state index is -0.409. The van der Waals surface area contributed by atoms with E-state index in [2.05, 4.69) is 31.2 Å². The molecule has 0 atom stereocenters. The molecule has 0 N–H and O–H groups in total. The number of aromatic nitrogens is 4. The summed E-state index contributed by atoms with van der Waals surface area (Å²) in [5.74, 6) is 0. The molecule has 0 saturated heterocycles. The molecule has 3 rings (SSSR count). The predicted molar refractivity (Wildman–Crippen MR) is 77.8 cm³/mol. The van der Waals surface area contributed by atoms with Crippen LogP contribution >= 0.6 is 27.3 Å². The second kappa shape index (κ2) is 4.91. The van der Waals surface area contributed by atoms with Gasteiger partial charge in [-0.25, -0.2) is 0 Å². The summed E-state index contributed by atoms with van der Waals surface area (Å²) in [7, 11) is 0. The van der Waals surface area contributed by atoms with Crippen molar-refractivity contribution in [2.24, 2.45) is 0 Å². The molecule has 0 unspecified atom stereocenters. The Kier molecular flexibility index (Phi) is 3.22. The Morgan fingerprint density at radius 3 is 2.90 bits per heavy atom. The molecule has 2 heterocycles. The second-order valence-electron chi connectivity index (χ2n) is 4.09. The third-order valence-electron chi connectivity index (χ3n) is 2.76. The van der Waals surface area contributed by atoms with Gasteiger partial charge in [0.05, 0.1) is 17.0 Å². The first-order valence-electron chi connectivity index (χ1n) is 5.64. The minimum absolute atomic E-state index is 0.0362. The SMILES string of the molecule is Cc1nnc(Cn2nc(Br)c3c([N+](=O)[O-])cccc32)s1. The molecule has 0 amide bonds. The molecule has 20 heavy (non-hydrogen) atoms. The van der Waals surface area contributed by atoms with Crippen LogP contribution < -0.4 is 0 Å². The summed E-state index contributed by atoms with van der Waals surface area (Å²) in [5.41, 5.74) is 0.730. The quantitative estimate of drug-likeness (QED) is 0.533. The maximum absolute atomic E-state index is 11.1. The lowest BCUT2D eigenvalue weighted by Gasteiger charge is -1.99. The summed E-state index contributed by atoms with van der Waals surface area (Å²) in [6.45, 7) is 2.32. The van der Waals surface area contributed by atoms with Crippen molar-refractivity contribution in [1.29, 1.82) is 0 Å². The van der Waals surface area contributed by atoms with E-state index in [1.807, 2.05) is 6.92 Å². The Bertz CT molecular complexity index is 812. The van der Waals surface area contributed by atoms with Gasteiger partial charge >= 0.3 is 0 Å². The van der Waals surface area contributed by atoms with Gasteiger partial charge in [-0.2, -0.15) is 5.10 Å². The van der Waals surface area contributed by atoms with Gasteiger partial charge in [-0.05, 0) is 28.9 Å². The van der Waals surface area contributed by atoms with Crippen LogP contribution in [-0.2, 0) is 6.54 Å². The first-order valence-corrected chi connectivity index (χ1v) is 7.25. The normalized spacial score (nSPS) is 11.1. The summed E-state index contributed by atoms with van der Waals surface area (Å²) >= 11 is 4.77. The number of benzene rings is 1. The fraction of sp³-hybridized carbons (Fsp3) is 0.182. The number of nitro benzene ring substituents is 1. The van der Waals surface area contributed by atoms with Gasteiger partial charge in [0.15, 0.2) is 0 Å². The van der Waals surface area contributed by atoms with E-state index in [-0.39, 0.29) is 5.69 Å². The monoisotopic (exact) mass is 353 g/mol.